The van der Waals surface area contributed by atoms with Crippen molar-refractivity contribution < 1.29 is 5.11 Å². The summed E-state index contributed by atoms with van der Waals surface area (Å²) in [5.74, 6) is 0.610. The van der Waals surface area contributed by atoms with Crippen molar-refractivity contribution >= 4 is 17.9 Å². The van der Waals surface area contributed by atoms with Crippen LogP contribution in [0.15, 0.2) is 48.6 Å². The maximum Gasteiger partial charge on any atom is 0.157 e. The highest BCUT2D eigenvalue weighted by Gasteiger charge is 2.21. The Morgan fingerprint density at radius 3 is 3.12 bits per heavy atom. The molecular weight excluding hydrogens is 330 g/mol. The van der Waals surface area contributed by atoms with E-state index in [0.29, 0.717) is 23.5 Å². The Kier molecular flexibility index (Phi) is 5.35. The van der Waals surface area contributed by atoms with E-state index in [0.717, 1.165) is 11.4 Å². The largest absolute Gasteiger partial charge is 0.704 e. The number of aliphatic imine (C=N–C) groups is 1. The van der Waals surface area contributed by atoms with Gasteiger partial charge < -0.3 is 10.8 Å². The number of aliphatic hydroxyl groups excluding tert-OH is 1. The molecule has 1 aliphatic carbocycles. The average Bonchev–Trinajstić information content (AvgIpc) is 3.09. The normalized spacial score (nSPS) is 18.1. The van der Waals surface area contributed by atoms with Gasteiger partial charge in [0.2, 0.25) is 0 Å². The summed E-state index contributed by atoms with van der Waals surface area (Å²) in [6, 6.07) is -0.0435. The fourth-order valence-electron chi connectivity index (χ4n) is 2.74. The van der Waals surface area contributed by atoms with Crippen molar-refractivity contribution in [2.75, 3.05) is 7.05 Å². The molecule has 0 amide bonds. The van der Waals surface area contributed by atoms with Gasteiger partial charge in [0.05, 0.1) is 29.5 Å². The van der Waals surface area contributed by atoms with Gasteiger partial charge in [0.25, 0.3) is 0 Å². The van der Waals surface area contributed by atoms with Crippen LogP contribution in [0.25, 0.3) is 23.2 Å². The second-order valence-electron chi connectivity index (χ2n) is 5.71. The highest BCUT2D eigenvalue weighted by molar-refractivity contribution is 6.09. The maximum atomic E-state index is 9.73. The highest BCUT2D eigenvalue weighted by atomic mass is 16.3. The van der Waals surface area contributed by atoms with E-state index in [1.54, 1.807) is 32.0 Å². The topological polar surface area (TPSA) is 112 Å². The molecule has 0 saturated carbocycles. The van der Waals surface area contributed by atoms with Gasteiger partial charge >= 0.3 is 0 Å². The van der Waals surface area contributed by atoms with E-state index >= 15 is 0 Å². The first-order chi connectivity index (χ1) is 12.7. The maximum absolute atomic E-state index is 9.73. The Hall–Kier alpha value is -3.10. The van der Waals surface area contributed by atoms with Crippen LogP contribution in [-0.4, -0.2) is 50.2 Å². The molecule has 134 valence electrons. The standard InChI is InChI=1S/C18H20N7O/c1-3-18(26)23-13-4-5-14-16(6-13)25(11-22-14)17-10-21-9-15(24-17)12(7-19)8-20-2/h3-5,7-11,13,18-19,23,26H,1,6H2,2H3/q-1/b12-7+,20-8?. The lowest BCUT2D eigenvalue weighted by atomic mass is 10.0. The zero-order valence-corrected chi connectivity index (χ0v) is 14.4. The summed E-state index contributed by atoms with van der Waals surface area (Å²) in [6.45, 7) is 3.57. The fraction of sp³-hybridized carbons (Fsp3) is 0.222. The number of imidazole rings is 1. The molecule has 2 unspecified atom stereocenters. The number of rotatable bonds is 6. The average molecular weight is 350 g/mol. The second-order valence-corrected chi connectivity index (χ2v) is 5.71. The number of allylic oxidation sites excluding steroid dienone is 1. The van der Waals surface area contributed by atoms with Crippen molar-refractivity contribution in [2.24, 2.45) is 4.99 Å². The first-order valence-electron chi connectivity index (χ1n) is 8.09. The Bertz CT molecular complexity index is 881. The first-order valence-corrected chi connectivity index (χ1v) is 8.09. The van der Waals surface area contributed by atoms with Gasteiger partial charge in [-0.3, -0.25) is 19.9 Å². The minimum absolute atomic E-state index is 0.0435. The van der Waals surface area contributed by atoms with E-state index < -0.39 is 6.23 Å². The van der Waals surface area contributed by atoms with Crippen molar-refractivity contribution in [3.63, 3.8) is 0 Å². The lowest BCUT2D eigenvalue weighted by molar-refractivity contribution is 0.175. The molecule has 3 rings (SSSR count). The van der Waals surface area contributed by atoms with Gasteiger partial charge in [-0.25, -0.2) is 9.97 Å². The molecule has 2 heterocycles. The second kappa shape index (κ2) is 7.85. The minimum atomic E-state index is -0.774. The van der Waals surface area contributed by atoms with Crippen LogP contribution in [0.3, 0.4) is 0 Å². The Morgan fingerprint density at radius 2 is 2.38 bits per heavy atom. The Morgan fingerprint density at radius 1 is 1.54 bits per heavy atom. The van der Waals surface area contributed by atoms with Crippen molar-refractivity contribution in [1.29, 1.82) is 0 Å². The van der Waals surface area contributed by atoms with Crippen LogP contribution in [0.1, 0.15) is 17.1 Å². The number of hydrogen-bond donors (Lipinski definition) is 2. The minimum Gasteiger partial charge on any atom is -0.704 e. The molecule has 0 saturated heterocycles. The van der Waals surface area contributed by atoms with Gasteiger partial charge in [-0.05, 0) is 17.7 Å². The molecule has 26 heavy (non-hydrogen) atoms. The number of fused-ring (bicyclic) bond motifs is 1. The van der Waals surface area contributed by atoms with Gasteiger partial charge in [0, 0.05) is 25.7 Å². The van der Waals surface area contributed by atoms with Crippen LogP contribution in [0.5, 0.6) is 0 Å². The summed E-state index contributed by atoms with van der Waals surface area (Å²) >= 11 is 0. The summed E-state index contributed by atoms with van der Waals surface area (Å²) in [6.07, 6.45) is 12.9. The number of aromatic nitrogens is 4. The predicted octanol–water partition coefficient (Wildman–Crippen LogP) is 1.79. The zero-order valence-electron chi connectivity index (χ0n) is 14.4. The SMILES string of the molecule is C=CC(O)NC1C=Cc2ncn(-c3cncc(/C(C=NC)=C/[NH-])n3)c2C1. The summed E-state index contributed by atoms with van der Waals surface area (Å²) in [7, 11) is 1.64. The Balaban J connectivity index is 1.92. The molecule has 2 aromatic rings. The molecule has 0 aliphatic heterocycles. The van der Waals surface area contributed by atoms with E-state index in [-0.39, 0.29) is 6.04 Å². The van der Waals surface area contributed by atoms with E-state index in [1.807, 2.05) is 16.7 Å². The molecule has 2 aromatic heterocycles. The highest BCUT2D eigenvalue weighted by Crippen LogP contribution is 2.22. The first kappa shape index (κ1) is 17.7. The van der Waals surface area contributed by atoms with Crippen LogP contribution in [-0.2, 0) is 6.42 Å². The van der Waals surface area contributed by atoms with Gasteiger partial charge in [0.1, 0.15) is 12.6 Å². The smallest absolute Gasteiger partial charge is 0.157 e. The molecule has 0 fully saturated rings. The van der Waals surface area contributed by atoms with Gasteiger partial charge in [0.15, 0.2) is 5.82 Å². The summed E-state index contributed by atoms with van der Waals surface area (Å²) in [5, 5.41) is 12.8. The number of aliphatic hydroxyl groups is 1. The summed E-state index contributed by atoms with van der Waals surface area (Å²) < 4.78 is 1.87. The molecule has 8 nitrogen and oxygen atoms in total. The molecule has 0 spiro atoms. The lowest BCUT2D eigenvalue weighted by Crippen LogP contribution is -2.38. The quantitative estimate of drug-likeness (QED) is 0.468. The van der Waals surface area contributed by atoms with Crippen LogP contribution < -0.4 is 5.32 Å². The molecule has 8 heteroatoms. The van der Waals surface area contributed by atoms with E-state index in [4.69, 9.17) is 5.73 Å². The van der Waals surface area contributed by atoms with Crippen molar-refractivity contribution in [3.8, 4) is 5.82 Å². The lowest BCUT2D eigenvalue weighted by Gasteiger charge is -2.21. The fourth-order valence-corrected chi connectivity index (χ4v) is 2.74. The third-order valence-electron chi connectivity index (χ3n) is 3.99. The van der Waals surface area contributed by atoms with Crippen LogP contribution in [0.2, 0.25) is 0 Å². The third-order valence-corrected chi connectivity index (χ3v) is 3.99. The zero-order chi connectivity index (χ0) is 18.5. The monoisotopic (exact) mass is 350 g/mol. The van der Waals surface area contributed by atoms with Crippen LogP contribution >= 0.6 is 0 Å². The molecule has 0 radical (unpaired) electrons. The van der Waals surface area contributed by atoms with Crippen LogP contribution in [0, 0.1) is 0 Å². The molecule has 1 aliphatic rings. The number of hydrogen-bond acceptors (Lipinski definition) is 6. The van der Waals surface area contributed by atoms with Crippen molar-refractivity contribution in [3.05, 3.63) is 66.5 Å². The summed E-state index contributed by atoms with van der Waals surface area (Å²) in [5.41, 5.74) is 10.5. The molecular formula is C18H20N7O-. The van der Waals surface area contributed by atoms with Gasteiger partial charge in [-0.15, -0.1) is 0 Å². The van der Waals surface area contributed by atoms with Crippen LogP contribution in [0.4, 0.5) is 0 Å². The molecule has 0 aromatic carbocycles. The van der Waals surface area contributed by atoms with Crippen molar-refractivity contribution in [1.82, 2.24) is 24.8 Å². The summed E-state index contributed by atoms with van der Waals surface area (Å²) in [4.78, 5) is 17.2. The number of nitrogens with one attached hydrogen (secondary N) is 2. The predicted molar refractivity (Wildman–Crippen MR) is 102 cm³/mol. The van der Waals surface area contributed by atoms with Gasteiger partial charge in [-0.1, -0.05) is 12.7 Å². The molecule has 2 atom stereocenters. The van der Waals surface area contributed by atoms with Gasteiger partial charge in [-0.2, -0.15) is 6.20 Å². The third kappa shape index (κ3) is 3.61. The van der Waals surface area contributed by atoms with E-state index in [2.05, 4.69) is 31.8 Å². The Labute approximate surface area is 151 Å². The van der Waals surface area contributed by atoms with Crippen molar-refractivity contribution in [2.45, 2.75) is 18.7 Å². The molecule has 3 N–H and O–H groups in total. The van der Waals surface area contributed by atoms with E-state index in [9.17, 15) is 5.11 Å². The molecule has 0 bridgehead atoms. The van der Waals surface area contributed by atoms with E-state index in [1.165, 1.54) is 12.3 Å². The number of nitrogens with zero attached hydrogens (tertiary/aromatic N) is 5.